The summed E-state index contributed by atoms with van der Waals surface area (Å²) < 4.78 is 5.38. The van der Waals surface area contributed by atoms with Crippen LogP contribution in [0.5, 0.6) is 5.75 Å². The second-order valence-corrected chi connectivity index (χ2v) is 6.17. The van der Waals surface area contributed by atoms with Crippen LogP contribution < -0.4 is 15.4 Å². The quantitative estimate of drug-likeness (QED) is 0.792. The Morgan fingerprint density at radius 1 is 1.29 bits per heavy atom. The van der Waals surface area contributed by atoms with E-state index in [2.05, 4.69) is 10.6 Å². The van der Waals surface area contributed by atoms with Gasteiger partial charge in [-0.3, -0.25) is 4.79 Å². The van der Waals surface area contributed by atoms with Gasteiger partial charge < -0.3 is 20.5 Å². The third-order valence-electron chi connectivity index (χ3n) is 4.10. The third-order valence-corrected chi connectivity index (χ3v) is 4.33. The molecule has 0 radical (unpaired) electrons. The van der Waals surface area contributed by atoms with Crippen LogP contribution in [0.4, 0.5) is 0 Å². The minimum Gasteiger partial charge on any atom is -0.496 e. The van der Waals surface area contributed by atoms with Crippen LogP contribution in [0, 0.1) is 0 Å². The Kier molecular flexibility index (Phi) is 5.04. The fourth-order valence-electron chi connectivity index (χ4n) is 2.80. The largest absolute Gasteiger partial charge is 0.496 e. The van der Waals surface area contributed by atoms with Crippen molar-refractivity contribution in [2.45, 2.75) is 12.1 Å². The van der Waals surface area contributed by atoms with Crippen LogP contribution in [0.25, 0.3) is 11.1 Å². The summed E-state index contributed by atoms with van der Waals surface area (Å²) in [7, 11) is 1.60. The molecule has 0 unspecified atom stereocenters. The monoisotopic (exact) mass is 346 g/mol. The van der Waals surface area contributed by atoms with E-state index < -0.39 is 6.10 Å². The number of rotatable bonds is 4. The summed E-state index contributed by atoms with van der Waals surface area (Å²) in [5, 5.41) is 16.3. The van der Waals surface area contributed by atoms with E-state index in [0.29, 0.717) is 29.4 Å². The first-order valence-electron chi connectivity index (χ1n) is 7.72. The van der Waals surface area contributed by atoms with E-state index in [1.807, 2.05) is 18.2 Å². The smallest absolute Gasteiger partial charge is 0.251 e. The van der Waals surface area contributed by atoms with E-state index in [1.165, 1.54) is 0 Å². The highest BCUT2D eigenvalue weighted by molar-refractivity contribution is 6.31. The Morgan fingerprint density at radius 2 is 2.12 bits per heavy atom. The van der Waals surface area contributed by atoms with Crippen molar-refractivity contribution in [2.75, 3.05) is 20.2 Å². The van der Waals surface area contributed by atoms with Crippen molar-refractivity contribution in [2.24, 2.45) is 0 Å². The van der Waals surface area contributed by atoms with Gasteiger partial charge in [0.15, 0.2) is 0 Å². The zero-order valence-corrected chi connectivity index (χ0v) is 14.0. The van der Waals surface area contributed by atoms with Crippen LogP contribution in [0.1, 0.15) is 10.4 Å². The number of hydrogen-bond donors (Lipinski definition) is 3. The molecule has 1 aliphatic rings. The van der Waals surface area contributed by atoms with E-state index in [1.54, 1.807) is 31.4 Å². The van der Waals surface area contributed by atoms with Gasteiger partial charge in [0.05, 0.1) is 19.3 Å². The normalized spacial score (nSPS) is 20.0. The summed E-state index contributed by atoms with van der Waals surface area (Å²) in [4.78, 5) is 12.4. The maximum Gasteiger partial charge on any atom is 0.251 e. The minimum absolute atomic E-state index is 0.217. The lowest BCUT2D eigenvalue weighted by Gasteiger charge is -2.16. The lowest BCUT2D eigenvalue weighted by molar-refractivity contribution is 0.0888. The molecule has 0 saturated carbocycles. The maximum atomic E-state index is 12.4. The molecule has 0 aliphatic carbocycles. The van der Waals surface area contributed by atoms with Crippen molar-refractivity contribution < 1.29 is 14.6 Å². The highest BCUT2D eigenvalue weighted by Gasteiger charge is 2.26. The molecule has 1 heterocycles. The summed E-state index contributed by atoms with van der Waals surface area (Å²) >= 11 is 6.09. The summed E-state index contributed by atoms with van der Waals surface area (Å²) in [6.45, 7) is 1.05. The molecule has 2 aromatic carbocycles. The van der Waals surface area contributed by atoms with Crippen molar-refractivity contribution in [3.05, 3.63) is 53.1 Å². The molecular weight excluding hydrogens is 328 g/mol. The lowest BCUT2D eigenvalue weighted by atomic mass is 10.0. The Labute approximate surface area is 145 Å². The summed E-state index contributed by atoms with van der Waals surface area (Å²) in [6.07, 6.45) is -0.565. The first-order valence-corrected chi connectivity index (χ1v) is 8.10. The minimum atomic E-state index is -0.565. The molecule has 5 nitrogen and oxygen atoms in total. The number of hydrogen-bond acceptors (Lipinski definition) is 4. The molecule has 2 atom stereocenters. The number of nitrogens with one attached hydrogen (secondary N) is 2. The maximum absolute atomic E-state index is 12.4. The summed E-state index contributed by atoms with van der Waals surface area (Å²) in [6, 6.07) is 12.3. The molecule has 0 aromatic heterocycles. The highest BCUT2D eigenvalue weighted by atomic mass is 35.5. The van der Waals surface area contributed by atoms with Gasteiger partial charge in [-0.2, -0.15) is 0 Å². The van der Waals surface area contributed by atoms with Crippen LogP contribution in [0.3, 0.4) is 0 Å². The van der Waals surface area contributed by atoms with Crippen LogP contribution >= 0.6 is 11.6 Å². The molecule has 24 heavy (non-hydrogen) atoms. The van der Waals surface area contributed by atoms with Gasteiger partial charge in [-0.1, -0.05) is 23.7 Å². The lowest BCUT2D eigenvalue weighted by Crippen LogP contribution is -2.42. The van der Waals surface area contributed by atoms with Gasteiger partial charge in [-0.05, 0) is 35.9 Å². The molecule has 126 valence electrons. The fourth-order valence-corrected chi connectivity index (χ4v) is 2.97. The molecule has 3 N–H and O–H groups in total. The van der Waals surface area contributed by atoms with Gasteiger partial charge in [0.2, 0.25) is 0 Å². The second-order valence-electron chi connectivity index (χ2n) is 5.73. The number of β-amino-alcohol motifs (C(OH)–C–C–N with tert-alkyl or cyclic N) is 1. The van der Waals surface area contributed by atoms with Crippen LogP contribution in [0.2, 0.25) is 5.02 Å². The van der Waals surface area contributed by atoms with E-state index in [9.17, 15) is 9.90 Å². The van der Waals surface area contributed by atoms with E-state index >= 15 is 0 Å². The van der Waals surface area contributed by atoms with Crippen LogP contribution in [-0.4, -0.2) is 43.4 Å². The average Bonchev–Trinajstić information content (AvgIpc) is 3.00. The molecular formula is C18H19ClN2O3. The van der Waals surface area contributed by atoms with Crippen LogP contribution in [0.15, 0.2) is 42.5 Å². The van der Waals surface area contributed by atoms with Gasteiger partial charge in [0.1, 0.15) is 5.75 Å². The zero-order chi connectivity index (χ0) is 17.1. The SMILES string of the molecule is COc1ccc(Cl)cc1-c1cccc(C(=O)N[C@@H]2CNC[C@H]2O)c1. The van der Waals surface area contributed by atoms with Gasteiger partial charge in [0, 0.05) is 29.2 Å². The predicted molar refractivity (Wildman–Crippen MR) is 93.6 cm³/mol. The zero-order valence-electron chi connectivity index (χ0n) is 13.3. The van der Waals surface area contributed by atoms with Crippen molar-refractivity contribution >= 4 is 17.5 Å². The predicted octanol–water partition coefficient (Wildman–Crippen LogP) is 2.08. The van der Waals surface area contributed by atoms with Gasteiger partial charge in [-0.25, -0.2) is 0 Å². The number of halogens is 1. The summed E-state index contributed by atoms with van der Waals surface area (Å²) in [5.41, 5.74) is 2.18. The molecule has 1 fully saturated rings. The van der Waals surface area contributed by atoms with Crippen molar-refractivity contribution in [3.63, 3.8) is 0 Å². The van der Waals surface area contributed by atoms with E-state index in [0.717, 1.165) is 11.1 Å². The second kappa shape index (κ2) is 7.21. The molecule has 1 amide bonds. The standard InChI is InChI=1S/C18H19ClN2O3/c1-24-17-6-5-13(19)8-14(17)11-3-2-4-12(7-11)18(23)21-15-9-20-10-16(15)22/h2-8,15-16,20,22H,9-10H2,1H3,(H,21,23)/t15-,16-/m1/s1. The number of ether oxygens (including phenoxy) is 1. The van der Waals surface area contributed by atoms with Gasteiger partial charge in [-0.15, -0.1) is 0 Å². The summed E-state index contributed by atoms with van der Waals surface area (Å²) in [5.74, 6) is 0.470. The van der Waals surface area contributed by atoms with Crippen LogP contribution in [-0.2, 0) is 0 Å². The number of aliphatic hydroxyl groups is 1. The Balaban J connectivity index is 1.86. The Hall–Kier alpha value is -2.08. The van der Waals surface area contributed by atoms with E-state index in [-0.39, 0.29) is 11.9 Å². The molecule has 0 bridgehead atoms. The third kappa shape index (κ3) is 3.53. The van der Waals surface area contributed by atoms with Crippen molar-refractivity contribution in [1.82, 2.24) is 10.6 Å². The number of benzene rings is 2. The first kappa shape index (κ1) is 16.8. The average molecular weight is 347 g/mol. The topological polar surface area (TPSA) is 70.6 Å². The first-order chi connectivity index (χ1) is 11.6. The van der Waals surface area contributed by atoms with Crippen molar-refractivity contribution in [3.8, 4) is 16.9 Å². The molecule has 1 saturated heterocycles. The number of aliphatic hydroxyl groups excluding tert-OH is 1. The molecule has 1 aliphatic heterocycles. The molecule has 3 rings (SSSR count). The number of amides is 1. The molecule has 2 aromatic rings. The molecule has 6 heteroatoms. The Bertz CT molecular complexity index is 751. The number of carbonyl (C=O) groups is 1. The molecule has 0 spiro atoms. The Morgan fingerprint density at radius 3 is 2.83 bits per heavy atom. The van der Waals surface area contributed by atoms with Crippen molar-refractivity contribution in [1.29, 1.82) is 0 Å². The highest BCUT2D eigenvalue weighted by Crippen LogP contribution is 2.32. The fraction of sp³-hybridized carbons (Fsp3) is 0.278. The van der Waals surface area contributed by atoms with Gasteiger partial charge >= 0.3 is 0 Å². The number of methoxy groups -OCH3 is 1. The van der Waals surface area contributed by atoms with E-state index in [4.69, 9.17) is 16.3 Å². The number of carbonyl (C=O) groups excluding carboxylic acids is 1. The van der Waals surface area contributed by atoms with Gasteiger partial charge in [0.25, 0.3) is 5.91 Å².